The average molecular weight is 484 g/mol. The average Bonchev–Trinajstić information content (AvgIpc) is 3.16. The third-order valence-corrected chi connectivity index (χ3v) is 5.77. The molecule has 1 N–H and O–H groups in total. The third kappa shape index (κ3) is 5.81. The van der Waals surface area contributed by atoms with Gasteiger partial charge in [-0.2, -0.15) is 0 Å². The summed E-state index contributed by atoms with van der Waals surface area (Å²) in [6.45, 7) is 6.52. The summed E-state index contributed by atoms with van der Waals surface area (Å²) in [6, 6.07) is 22.2. The van der Waals surface area contributed by atoms with E-state index in [1.165, 1.54) is 0 Å². The van der Waals surface area contributed by atoms with Gasteiger partial charge in [0, 0.05) is 35.8 Å². The van der Waals surface area contributed by atoms with Crippen LogP contribution in [0.4, 0.5) is 5.69 Å². The Balaban J connectivity index is 1.35. The van der Waals surface area contributed by atoms with Crippen molar-refractivity contribution >= 4 is 17.4 Å². The normalized spacial score (nSPS) is 10.7. The number of ketones is 1. The van der Waals surface area contributed by atoms with Gasteiger partial charge in [0.05, 0.1) is 0 Å². The summed E-state index contributed by atoms with van der Waals surface area (Å²) in [5.74, 6) is -0.0956. The van der Waals surface area contributed by atoms with E-state index in [1.54, 1.807) is 35.9 Å². The Labute approximate surface area is 210 Å². The molecule has 0 atom stereocenters. The van der Waals surface area contributed by atoms with Crippen molar-refractivity contribution in [3.05, 3.63) is 95.4 Å². The maximum Gasteiger partial charge on any atom is 0.298 e. The van der Waals surface area contributed by atoms with Gasteiger partial charge in [0.25, 0.3) is 11.7 Å². The van der Waals surface area contributed by atoms with Gasteiger partial charge in [-0.1, -0.05) is 30.3 Å². The van der Waals surface area contributed by atoms with Crippen molar-refractivity contribution in [3.8, 4) is 22.8 Å². The molecule has 0 aliphatic heterocycles. The molecule has 0 aliphatic carbocycles. The highest BCUT2D eigenvalue weighted by molar-refractivity contribution is 6.47. The van der Waals surface area contributed by atoms with Gasteiger partial charge >= 0.3 is 0 Å². The minimum absolute atomic E-state index is 0.341. The summed E-state index contributed by atoms with van der Waals surface area (Å²) in [6.07, 6.45) is 0. The molecule has 0 unspecified atom stereocenters. The van der Waals surface area contributed by atoms with Crippen molar-refractivity contribution in [2.75, 3.05) is 18.5 Å². The topological polar surface area (TPSA) is 82.5 Å². The third-order valence-electron chi connectivity index (χ3n) is 5.77. The summed E-state index contributed by atoms with van der Waals surface area (Å²) in [7, 11) is 1.79. The van der Waals surface area contributed by atoms with Crippen molar-refractivity contribution < 1.29 is 19.1 Å². The first-order valence-corrected chi connectivity index (χ1v) is 11.7. The van der Waals surface area contributed by atoms with Gasteiger partial charge in [-0.15, -0.1) is 0 Å². The first kappa shape index (κ1) is 24.7. The molecule has 2 aromatic carbocycles. The first-order chi connectivity index (χ1) is 17.3. The van der Waals surface area contributed by atoms with Crippen LogP contribution in [0.15, 0.2) is 72.8 Å². The second-order valence-electron chi connectivity index (χ2n) is 8.60. The van der Waals surface area contributed by atoms with Gasteiger partial charge < -0.3 is 19.4 Å². The quantitative estimate of drug-likeness (QED) is 0.199. The molecule has 0 saturated heterocycles. The fourth-order valence-electron chi connectivity index (χ4n) is 3.96. The second-order valence-corrected chi connectivity index (χ2v) is 8.60. The predicted octanol–water partition coefficient (Wildman–Crippen LogP) is 5.29. The Morgan fingerprint density at radius 3 is 2.28 bits per heavy atom. The number of aromatic nitrogens is 2. The molecule has 2 heterocycles. The fraction of sp³-hybridized carbons (Fsp3) is 0.207. The number of anilines is 1. The molecule has 7 nitrogen and oxygen atoms in total. The van der Waals surface area contributed by atoms with Crippen LogP contribution in [-0.4, -0.2) is 34.5 Å². The minimum atomic E-state index is -0.698. The molecular weight excluding hydrogens is 454 g/mol. The van der Waals surface area contributed by atoms with Crippen LogP contribution in [-0.2, 0) is 11.8 Å². The highest BCUT2D eigenvalue weighted by atomic mass is 16.5. The zero-order valence-corrected chi connectivity index (χ0v) is 20.9. The number of hydrogen-bond donors (Lipinski definition) is 1. The molecular formula is C29H29N3O4. The summed E-state index contributed by atoms with van der Waals surface area (Å²) >= 11 is 0. The van der Waals surface area contributed by atoms with Crippen molar-refractivity contribution in [1.82, 2.24) is 9.55 Å². The van der Waals surface area contributed by atoms with Gasteiger partial charge in [0.1, 0.15) is 24.7 Å². The summed E-state index contributed by atoms with van der Waals surface area (Å²) in [5.41, 5.74) is 5.37. The van der Waals surface area contributed by atoms with Crippen LogP contribution in [0.5, 0.6) is 11.6 Å². The van der Waals surface area contributed by atoms with E-state index in [0.717, 1.165) is 28.1 Å². The van der Waals surface area contributed by atoms with E-state index in [9.17, 15) is 9.59 Å². The van der Waals surface area contributed by atoms with E-state index in [1.807, 2.05) is 69.3 Å². The number of carbonyl (C=O) groups is 2. The monoisotopic (exact) mass is 483 g/mol. The molecule has 0 saturated carbocycles. The molecule has 4 rings (SSSR count). The summed E-state index contributed by atoms with van der Waals surface area (Å²) < 4.78 is 13.1. The first-order valence-electron chi connectivity index (χ1n) is 11.7. The Kier molecular flexibility index (Phi) is 7.49. The van der Waals surface area contributed by atoms with Crippen LogP contribution in [0.3, 0.4) is 0 Å². The zero-order valence-electron chi connectivity index (χ0n) is 20.9. The van der Waals surface area contributed by atoms with Crippen LogP contribution in [0.25, 0.3) is 11.1 Å². The van der Waals surface area contributed by atoms with E-state index in [-0.39, 0.29) is 0 Å². The maximum atomic E-state index is 13.1. The van der Waals surface area contributed by atoms with Gasteiger partial charge in [0.2, 0.25) is 5.88 Å². The number of ether oxygens (including phenoxy) is 2. The van der Waals surface area contributed by atoms with E-state index in [4.69, 9.17) is 9.47 Å². The van der Waals surface area contributed by atoms with E-state index < -0.39 is 11.7 Å². The molecule has 0 fully saturated rings. The molecule has 4 aromatic rings. The number of hydrogen-bond acceptors (Lipinski definition) is 5. The lowest BCUT2D eigenvalue weighted by Gasteiger charge is -2.11. The van der Waals surface area contributed by atoms with Gasteiger partial charge in [-0.25, -0.2) is 4.98 Å². The van der Waals surface area contributed by atoms with Crippen LogP contribution < -0.4 is 14.8 Å². The molecule has 0 radical (unpaired) electrons. The van der Waals surface area contributed by atoms with Crippen molar-refractivity contribution in [3.63, 3.8) is 0 Å². The molecule has 1 amide bonds. The molecule has 0 bridgehead atoms. The number of rotatable bonds is 9. The molecule has 7 heteroatoms. The molecule has 0 spiro atoms. The lowest BCUT2D eigenvalue weighted by Crippen LogP contribution is -2.25. The standard InChI is InChI=1S/C29H29N3O4/c1-19-16-20(2)30-26(17-19)36-15-14-35-24-12-10-23(11-13-24)31-29(34)28(33)27-25(18-21(3)32(27)4)22-8-6-5-7-9-22/h5-13,16-18H,14-15H2,1-4H3,(H,31,34). The lowest BCUT2D eigenvalue weighted by atomic mass is 10.0. The van der Waals surface area contributed by atoms with E-state index >= 15 is 0 Å². The Hall–Kier alpha value is -4.39. The summed E-state index contributed by atoms with van der Waals surface area (Å²) in [4.78, 5) is 30.2. The fourth-order valence-corrected chi connectivity index (χ4v) is 3.96. The zero-order chi connectivity index (χ0) is 25.7. The van der Waals surface area contributed by atoms with Crippen molar-refractivity contribution in [2.24, 2.45) is 7.05 Å². The molecule has 0 aliphatic rings. The Morgan fingerprint density at radius 1 is 0.889 bits per heavy atom. The smallest absolute Gasteiger partial charge is 0.298 e. The number of carbonyl (C=O) groups excluding carboxylic acids is 2. The number of benzene rings is 2. The SMILES string of the molecule is Cc1cc(C)nc(OCCOc2ccc(NC(=O)C(=O)c3c(-c4ccccc4)cc(C)n3C)cc2)c1. The van der Waals surface area contributed by atoms with Crippen LogP contribution >= 0.6 is 0 Å². The minimum Gasteiger partial charge on any atom is -0.490 e. The number of pyridine rings is 1. The number of amides is 1. The molecule has 36 heavy (non-hydrogen) atoms. The van der Waals surface area contributed by atoms with Crippen molar-refractivity contribution in [1.29, 1.82) is 0 Å². The van der Waals surface area contributed by atoms with E-state index in [0.29, 0.717) is 36.2 Å². The maximum absolute atomic E-state index is 13.1. The number of aryl methyl sites for hydroxylation is 3. The molecule has 2 aromatic heterocycles. The van der Waals surface area contributed by atoms with Crippen molar-refractivity contribution in [2.45, 2.75) is 20.8 Å². The van der Waals surface area contributed by atoms with Crippen LogP contribution in [0, 0.1) is 20.8 Å². The Bertz CT molecular complexity index is 1360. The lowest BCUT2D eigenvalue weighted by molar-refractivity contribution is -0.112. The number of nitrogens with zero attached hydrogens (tertiary/aromatic N) is 2. The highest BCUT2D eigenvalue weighted by Gasteiger charge is 2.25. The Morgan fingerprint density at radius 2 is 1.58 bits per heavy atom. The van der Waals surface area contributed by atoms with E-state index in [2.05, 4.69) is 10.3 Å². The van der Waals surface area contributed by atoms with Gasteiger partial charge in [0.15, 0.2) is 0 Å². The number of nitrogens with one attached hydrogen (secondary N) is 1. The van der Waals surface area contributed by atoms with Crippen LogP contribution in [0.2, 0.25) is 0 Å². The van der Waals surface area contributed by atoms with Crippen LogP contribution in [0.1, 0.15) is 27.4 Å². The van der Waals surface area contributed by atoms with Gasteiger partial charge in [-0.05, 0) is 68.3 Å². The number of Topliss-reactive ketones (excluding diaryl/α,β-unsaturated/α-hetero) is 1. The highest BCUT2D eigenvalue weighted by Crippen LogP contribution is 2.27. The molecule has 184 valence electrons. The second kappa shape index (κ2) is 10.9. The van der Waals surface area contributed by atoms with Gasteiger partial charge in [-0.3, -0.25) is 9.59 Å². The largest absolute Gasteiger partial charge is 0.490 e. The summed E-state index contributed by atoms with van der Waals surface area (Å²) in [5, 5.41) is 2.69. The predicted molar refractivity (Wildman–Crippen MR) is 140 cm³/mol.